The summed E-state index contributed by atoms with van der Waals surface area (Å²) >= 11 is 0. The van der Waals surface area contributed by atoms with E-state index in [0.717, 1.165) is 27.9 Å². The van der Waals surface area contributed by atoms with Crippen LogP contribution in [0.3, 0.4) is 0 Å². The lowest BCUT2D eigenvalue weighted by atomic mass is 10.0. The summed E-state index contributed by atoms with van der Waals surface area (Å²) in [5.74, 6) is 1.16. The number of aromatic nitrogens is 1. The van der Waals surface area contributed by atoms with Gasteiger partial charge in [0.2, 0.25) is 0 Å². The van der Waals surface area contributed by atoms with Crippen LogP contribution in [0.25, 0.3) is 22.2 Å². The summed E-state index contributed by atoms with van der Waals surface area (Å²) in [5.41, 5.74) is 3.20. The predicted octanol–water partition coefficient (Wildman–Crippen LogP) is 4.69. The van der Waals surface area contributed by atoms with E-state index >= 15 is 0 Å². The number of hydrogen-bond acceptors (Lipinski definition) is 3. The summed E-state index contributed by atoms with van der Waals surface area (Å²) in [4.78, 5) is 17.5. The molecule has 0 radical (unpaired) electrons. The van der Waals surface area contributed by atoms with E-state index in [-0.39, 0.29) is 5.91 Å². The molecule has 0 fully saturated rings. The van der Waals surface area contributed by atoms with Crippen LogP contribution in [0, 0.1) is 5.92 Å². The van der Waals surface area contributed by atoms with E-state index < -0.39 is 0 Å². The van der Waals surface area contributed by atoms with E-state index in [1.54, 1.807) is 0 Å². The van der Waals surface area contributed by atoms with Gasteiger partial charge >= 0.3 is 0 Å². The SMILES string of the molecule is CCOc1ccc(-c2cc(C(=O)NCC(C)C)c3ccccc3n2)cc1. The monoisotopic (exact) mass is 348 g/mol. The first kappa shape index (κ1) is 17.9. The van der Waals surface area contributed by atoms with Gasteiger partial charge in [0, 0.05) is 17.5 Å². The lowest BCUT2D eigenvalue weighted by molar-refractivity contribution is 0.0950. The Morgan fingerprint density at radius 1 is 1.12 bits per heavy atom. The van der Waals surface area contributed by atoms with E-state index in [2.05, 4.69) is 19.2 Å². The predicted molar refractivity (Wildman–Crippen MR) is 106 cm³/mol. The largest absolute Gasteiger partial charge is 0.494 e. The fourth-order valence-corrected chi connectivity index (χ4v) is 2.79. The summed E-state index contributed by atoms with van der Waals surface area (Å²) in [6.45, 7) is 7.40. The lowest BCUT2D eigenvalue weighted by Gasteiger charge is -2.12. The Labute approximate surface area is 154 Å². The molecule has 0 aliphatic rings. The van der Waals surface area contributed by atoms with Gasteiger partial charge in [0.15, 0.2) is 0 Å². The van der Waals surface area contributed by atoms with Gasteiger partial charge in [-0.2, -0.15) is 0 Å². The Balaban J connectivity index is 2.02. The third-order valence-corrected chi connectivity index (χ3v) is 4.09. The van der Waals surface area contributed by atoms with Crippen molar-refractivity contribution in [3.8, 4) is 17.0 Å². The molecule has 4 heteroatoms. The minimum atomic E-state index is -0.0653. The molecule has 0 spiro atoms. The quantitative estimate of drug-likeness (QED) is 0.703. The van der Waals surface area contributed by atoms with Crippen LogP contribution in [0.4, 0.5) is 0 Å². The summed E-state index contributed by atoms with van der Waals surface area (Å²) in [6, 6.07) is 17.4. The second-order valence-corrected chi connectivity index (χ2v) is 6.63. The zero-order valence-corrected chi connectivity index (χ0v) is 15.5. The van der Waals surface area contributed by atoms with E-state index in [9.17, 15) is 4.79 Å². The molecule has 1 N–H and O–H groups in total. The second-order valence-electron chi connectivity index (χ2n) is 6.63. The molecule has 0 saturated carbocycles. The highest BCUT2D eigenvalue weighted by Gasteiger charge is 2.14. The van der Waals surface area contributed by atoms with Crippen LogP contribution < -0.4 is 10.1 Å². The first-order valence-electron chi connectivity index (χ1n) is 8.99. The Bertz CT molecular complexity index is 902. The zero-order chi connectivity index (χ0) is 18.5. The Kier molecular flexibility index (Phi) is 5.52. The molecular formula is C22H24N2O2. The molecule has 0 bridgehead atoms. The number of nitrogens with one attached hydrogen (secondary N) is 1. The van der Waals surface area contributed by atoms with E-state index in [1.165, 1.54) is 0 Å². The molecular weight excluding hydrogens is 324 g/mol. The maximum Gasteiger partial charge on any atom is 0.252 e. The number of benzene rings is 2. The van der Waals surface area contributed by atoms with Gasteiger partial charge in [-0.05, 0) is 49.2 Å². The number of carbonyl (C=O) groups excluding carboxylic acids is 1. The average molecular weight is 348 g/mol. The molecule has 0 saturated heterocycles. The van der Waals surface area contributed by atoms with E-state index in [0.29, 0.717) is 24.6 Å². The standard InChI is InChI=1S/C22H24N2O2/c1-4-26-17-11-9-16(10-12-17)21-13-19(22(25)23-14-15(2)3)18-7-5-6-8-20(18)24-21/h5-13,15H,4,14H2,1-3H3,(H,23,25). The van der Waals surface area contributed by atoms with Gasteiger partial charge < -0.3 is 10.1 Å². The minimum Gasteiger partial charge on any atom is -0.494 e. The topological polar surface area (TPSA) is 51.2 Å². The van der Waals surface area contributed by atoms with Crippen LogP contribution in [0.1, 0.15) is 31.1 Å². The molecule has 3 rings (SSSR count). The number of fused-ring (bicyclic) bond motifs is 1. The van der Waals surface area contributed by atoms with Gasteiger partial charge in [0.1, 0.15) is 5.75 Å². The van der Waals surface area contributed by atoms with Crippen LogP contribution in [-0.4, -0.2) is 24.0 Å². The highest BCUT2D eigenvalue weighted by molar-refractivity contribution is 6.07. The number of pyridine rings is 1. The molecule has 26 heavy (non-hydrogen) atoms. The van der Waals surface area contributed by atoms with Crippen molar-refractivity contribution in [2.24, 2.45) is 5.92 Å². The molecule has 4 nitrogen and oxygen atoms in total. The Morgan fingerprint density at radius 2 is 1.85 bits per heavy atom. The lowest BCUT2D eigenvalue weighted by Crippen LogP contribution is -2.27. The van der Waals surface area contributed by atoms with Crippen molar-refractivity contribution in [2.75, 3.05) is 13.2 Å². The van der Waals surface area contributed by atoms with Crippen LogP contribution >= 0.6 is 0 Å². The maximum absolute atomic E-state index is 12.7. The van der Waals surface area contributed by atoms with Gasteiger partial charge in [0.25, 0.3) is 5.91 Å². The maximum atomic E-state index is 12.7. The summed E-state index contributed by atoms with van der Waals surface area (Å²) in [6.07, 6.45) is 0. The van der Waals surface area contributed by atoms with Gasteiger partial charge in [-0.1, -0.05) is 32.0 Å². The summed E-state index contributed by atoms with van der Waals surface area (Å²) in [7, 11) is 0. The van der Waals surface area contributed by atoms with Crippen LogP contribution in [0.5, 0.6) is 5.75 Å². The van der Waals surface area contributed by atoms with Crippen LogP contribution in [-0.2, 0) is 0 Å². The normalized spacial score (nSPS) is 10.9. The molecule has 1 aromatic heterocycles. The van der Waals surface area contributed by atoms with Gasteiger partial charge in [-0.3, -0.25) is 4.79 Å². The highest BCUT2D eigenvalue weighted by Crippen LogP contribution is 2.26. The molecule has 1 heterocycles. The minimum absolute atomic E-state index is 0.0653. The third kappa shape index (κ3) is 4.02. The fraction of sp³-hybridized carbons (Fsp3) is 0.273. The number of nitrogens with zero attached hydrogens (tertiary/aromatic N) is 1. The number of amides is 1. The molecule has 134 valence electrons. The molecule has 1 amide bonds. The number of carbonyl (C=O) groups is 1. The van der Waals surface area contributed by atoms with Gasteiger partial charge in [-0.25, -0.2) is 4.98 Å². The van der Waals surface area contributed by atoms with Crippen molar-refractivity contribution >= 4 is 16.8 Å². The summed E-state index contributed by atoms with van der Waals surface area (Å²) in [5, 5.41) is 3.87. The van der Waals surface area contributed by atoms with E-state index in [1.807, 2.05) is 61.5 Å². The van der Waals surface area contributed by atoms with Crippen LogP contribution in [0.2, 0.25) is 0 Å². The number of rotatable bonds is 6. The number of ether oxygens (including phenoxy) is 1. The smallest absolute Gasteiger partial charge is 0.252 e. The van der Waals surface area contributed by atoms with Gasteiger partial charge in [0.05, 0.1) is 23.4 Å². The molecule has 0 atom stereocenters. The molecule has 0 aliphatic carbocycles. The molecule has 3 aromatic rings. The van der Waals surface area contributed by atoms with Crippen molar-refractivity contribution in [1.82, 2.24) is 10.3 Å². The number of para-hydroxylation sites is 1. The van der Waals surface area contributed by atoms with Crippen LogP contribution in [0.15, 0.2) is 54.6 Å². The summed E-state index contributed by atoms with van der Waals surface area (Å²) < 4.78 is 5.50. The fourth-order valence-electron chi connectivity index (χ4n) is 2.79. The Morgan fingerprint density at radius 3 is 2.54 bits per heavy atom. The first-order chi connectivity index (χ1) is 12.6. The third-order valence-electron chi connectivity index (χ3n) is 4.09. The molecule has 0 unspecified atom stereocenters. The Hall–Kier alpha value is -2.88. The second kappa shape index (κ2) is 8.00. The van der Waals surface area contributed by atoms with Crippen molar-refractivity contribution in [3.63, 3.8) is 0 Å². The zero-order valence-electron chi connectivity index (χ0n) is 15.5. The molecule has 0 aliphatic heterocycles. The van der Waals surface area contributed by atoms with E-state index in [4.69, 9.17) is 9.72 Å². The van der Waals surface area contributed by atoms with Crippen molar-refractivity contribution in [2.45, 2.75) is 20.8 Å². The first-order valence-corrected chi connectivity index (χ1v) is 8.99. The average Bonchev–Trinajstić information content (AvgIpc) is 2.66. The number of hydrogen-bond donors (Lipinski definition) is 1. The highest BCUT2D eigenvalue weighted by atomic mass is 16.5. The van der Waals surface area contributed by atoms with Crippen molar-refractivity contribution < 1.29 is 9.53 Å². The van der Waals surface area contributed by atoms with Gasteiger partial charge in [-0.15, -0.1) is 0 Å². The van der Waals surface area contributed by atoms with Crippen molar-refractivity contribution in [3.05, 3.63) is 60.2 Å². The van der Waals surface area contributed by atoms with Crippen molar-refractivity contribution in [1.29, 1.82) is 0 Å². The molecule has 2 aromatic carbocycles.